The van der Waals surface area contributed by atoms with Crippen LogP contribution in [0, 0.1) is 0 Å². The van der Waals surface area contributed by atoms with Gasteiger partial charge in [0.1, 0.15) is 0 Å². The van der Waals surface area contributed by atoms with Crippen LogP contribution in [0.4, 0.5) is 16.4 Å². The van der Waals surface area contributed by atoms with Crippen LogP contribution >= 0.6 is 0 Å². The van der Waals surface area contributed by atoms with Crippen LogP contribution in [0.3, 0.4) is 0 Å². The topological polar surface area (TPSA) is 84.7 Å². The Balaban J connectivity index is 1.79. The minimum atomic E-state index is -0.345. The Morgan fingerprint density at radius 3 is 2.00 bits per heavy atom. The minimum Gasteiger partial charge on any atom is -0.307 e. The van der Waals surface area contributed by atoms with E-state index in [0.29, 0.717) is 11.8 Å². The number of benzene rings is 1. The van der Waals surface area contributed by atoms with Gasteiger partial charge >= 0.3 is 6.03 Å². The number of urea groups is 1. The molecular weight excluding hydrogens is 400 g/mol. The van der Waals surface area contributed by atoms with Crippen molar-refractivity contribution in [2.24, 2.45) is 0 Å². The first-order valence-corrected chi connectivity index (χ1v) is 12.4. The van der Waals surface area contributed by atoms with E-state index in [4.69, 9.17) is 0 Å². The number of para-hydroxylation sites is 1. The van der Waals surface area contributed by atoms with Crippen molar-refractivity contribution in [1.82, 2.24) is 20.2 Å². The molecule has 7 nitrogen and oxygen atoms in total. The second-order valence-electron chi connectivity index (χ2n) is 9.24. The lowest BCUT2D eigenvalue weighted by atomic mass is 9.93. The van der Waals surface area contributed by atoms with Crippen LogP contribution in [0.25, 0.3) is 0 Å². The molecule has 1 aromatic heterocycles. The lowest BCUT2D eigenvalue weighted by molar-refractivity contribution is 0.262. The monoisotopic (exact) mass is 442 g/mol. The van der Waals surface area contributed by atoms with Gasteiger partial charge in [-0.15, -0.1) is 5.10 Å². The predicted octanol–water partition coefficient (Wildman–Crippen LogP) is 7.09. The molecule has 1 aromatic carbocycles. The van der Waals surface area contributed by atoms with E-state index in [1.165, 1.54) is 51.4 Å². The van der Waals surface area contributed by atoms with Crippen molar-refractivity contribution in [3.05, 3.63) is 29.3 Å². The van der Waals surface area contributed by atoms with Crippen molar-refractivity contribution < 1.29 is 4.79 Å². The van der Waals surface area contributed by atoms with Crippen molar-refractivity contribution in [3.63, 3.8) is 0 Å². The first-order valence-electron chi connectivity index (χ1n) is 12.4. The number of anilines is 2. The number of hydrogen-bond donors (Lipinski definition) is 2. The SMILES string of the molecule is CCCCCCCCCCCn1nnc(NC(=O)Nc2c(C(C)C)cccc2C(C)C)n1. The van der Waals surface area contributed by atoms with Gasteiger partial charge in [-0.2, -0.15) is 4.80 Å². The van der Waals surface area contributed by atoms with E-state index < -0.39 is 0 Å². The molecule has 2 amide bonds. The molecule has 2 aromatic rings. The highest BCUT2D eigenvalue weighted by Crippen LogP contribution is 2.32. The van der Waals surface area contributed by atoms with Crippen LogP contribution in [0.5, 0.6) is 0 Å². The van der Waals surface area contributed by atoms with Crippen LogP contribution in [0.1, 0.15) is 115 Å². The predicted molar refractivity (Wildman–Crippen MR) is 132 cm³/mol. The number of tetrazole rings is 1. The summed E-state index contributed by atoms with van der Waals surface area (Å²) < 4.78 is 0. The summed E-state index contributed by atoms with van der Waals surface area (Å²) in [5, 5.41) is 18.1. The van der Waals surface area contributed by atoms with Gasteiger partial charge in [-0.1, -0.05) is 109 Å². The van der Waals surface area contributed by atoms with E-state index in [9.17, 15) is 4.79 Å². The molecule has 0 aliphatic rings. The highest BCUT2D eigenvalue weighted by molar-refractivity contribution is 5.99. The summed E-state index contributed by atoms with van der Waals surface area (Å²) in [7, 11) is 0. The van der Waals surface area contributed by atoms with Crippen molar-refractivity contribution in [2.45, 2.75) is 111 Å². The zero-order valence-electron chi connectivity index (χ0n) is 20.7. The molecule has 7 heteroatoms. The molecule has 0 fully saturated rings. The van der Waals surface area contributed by atoms with Gasteiger partial charge in [0.05, 0.1) is 6.54 Å². The Bertz CT molecular complexity index is 788. The molecule has 0 unspecified atom stereocenters. The number of nitrogens with zero attached hydrogens (tertiary/aromatic N) is 4. The van der Waals surface area contributed by atoms with Gasteiger partial charge in [-0.05, 0) is 34.6 Å². The number of nitrogens with one attached hydrogen (secondary N) is 2. The molecule has 0 atom stereocenters. The summed E-state index contributed by atoms with van der Waals surface area (Å²) in [6.45, 7) is 11.5. The third-order valence-corrected chi connectivity index (χ3v) is 5.75. The Kier molecular flexibility index (Phi) is 11.2. The number of unbranched alkanes of at least 4 members (excludes halogenated alkanes) is 8. The highest BCUT2D eigenvalue weighted by atomic mass is 16.2. The summed E-state index contributed by atoms with van der Waals surface area (Å²) in [5.41, 5.74) is 3.11. The molecule has 1 heterocycles. The van der Waals surface area contributed by atoms with Crippen LogP contribution < -0.4 is 10.6 Å². The molecule has 0 aliphatic carbocycles. The van der Waals surface area contributed by atoms with Gasteiger partial charge in [-0.25, -0.2) is 4.79 Å². The number of hydrogen-bond acceptors (Lipinski definition) is 4. The molecule has 0 bridgehead atoms. The molecular formula is C25H42N6O. The lowest BCUT2D eigenvalue weighted by Crippen LogP contribution is -2.22. The molecule has 178 valence electrons. The maximum Gasteiger partial charge on any atom is 0.326 e. The van der Waals surface area contributed by atoms with Crippen molar-refractivity contribution in [1.29, 1.82) is 0 Å². The van der Waals surface area contributed by atoms with E-state index >= 15 is 0 Å². The molecule has 32 heavy (non-hydrogen) atoms. The van der Waals surface area contributed by atoms with Gasteiger partial charge in [0.25, 0.3) is 5.95 Å². The fourth-order valence-corrected chi connectivity index (χ4v) is 3.89. The van der Waals surface area contributed by atoms with Crippen LogP contribution in [-0.4, -0.2) is 26.2 Å². The zero-order valence-corrected chi connectivity index (χ0v) is 20.7. The summed E-state index contributed by atoms with van der Waals surface area (Å²) >= 11 is 0. The minimum absolute atomic E-state index is 0.228. The Morgan fingerprint density at radius 1 is 0.875 bits per heavy atom. The first-order chi connectivity index (χ1) is 15.4. The molecule has 2 N–H and O–H groups in total. The highest BCUT2D eigenvalue weighted by Gasteiger charge is 2.17. The van der Waals surface area contributed by atoms with E-state index in [1.54, 1.807) is 4.80 Å². The second kappa shape index (κ2) is 13.9. The quantitative estimate of drug-likeness (QED) is 0.306. The number of aryl methyl sites for hydroxylation is 1. The fraction of sp³-hybridized carbons (Fsp3) is 0.680. The Hall–Kier alpha value is -2.44. The Morgan fingerprint density at radius 2 is 1.44 bits per heavy atom. The normalized spacial score (nSPS) is 11.3. The fourth-order valence-electron chi connectivity index (χ4n) is 3.89. The van der Waals surface area contributed by atoms with Crippen molar-refractivity contribution in [2.75, 3.05) is 10.6 Å². The van der Waals surface area contributed by atoms with Crippen molar-refractivity contribution in [3.8, 4) is 0 Å². The molecule has 0 saturated carbocycles. The number of rotatable bonds is 14. The maximum absolute atomic E-state index is 12.6. The van der Waals surface area contributed by atoms with E-state index in [0.717, 1.165) is 29.8 Å². The third kappa shape index (κ3) is 8.60. The number of carbonyl (C=O) groups is 1. The number of aromatic nitrogens is 4. The average molecular weight is 443 g/mol. The maximum atomic E-state index is 12.6. The molecule has 2 rings (SSSR count). The molecule has 0 radical (unpaired) electrons. The third-order valence-electron chi connectivity index (χ3n) is 5.75. The lowest BCUT2D eigenvalue weighted by Gasteiger charge is -2.20. The van der Waals surface area contributed by atoms with E-state index in [1.807, 2.05) is 6.07 Å². The number of carbonyl (C=O) groups excluding carboxylic acids is 1. The summed E-state index contributed by atoms with van der Waals surface area (Å²) in [5.74, 6) is 0.838. The standard InChI is InChI=1S/C25H42N6O/c1-6-7-8-9-10-11-12-13-14-18-31-29-24(28-30-31)27-25(32)26-23-21(19(2)3)16-15-17-22(23)20(4)5/h15-17,19-20H,6-14,18H2,1-5H3,(H2,26,27,29,32). The van der Waals surface area contributed by atoms with Crippen LogP contribution in [0.15, 0.2) is 18.2 Å². The average Bonchev–Trinajstić information content (AvgIpc) is 3.19. The summed E-state index contributed by atoms with van der Waals surface area (Å²) in [6, 6.07) is 5.83. The number of amides is 2. The van der Waals surface area contributed by atoms with E-state index in [2.05, 4.69) is 72.8 Å². The molecule has 0 spiro atoms. The van der Waals surface area contributed by atoms with Crippen LogP contribution in [0.2, 0.25) is 0 Å². The summed E-state index contributed by atoms with van der Waals surface area (Å²) in [6.07, 6.45) is 11.5. The largest absolute Gasteiger partial charge is 0.326 e. The first kappa shape index (κ1) is 25.8. The van der Waals surface area contributed by atoms with Crippen LogP contribution in [-0.2, 0) is 6.54 Å². The molecule has 0 aliphatic heterocycles. The van der Waals surface area contributed by atoms with Gasteiger partial charge in [0.15, 0.2) is 0 Å². The smallest absolute Gasteiger partial charge is 0.307 e. The van der Waals surface area contributed by atoms with Gasteiger partial charge in [0, 0.05) is 5.69 Å². The zero-order chi connectivity index (χ0) is 23.3. The van der Waals surface area contributed by atoms with Crippen molar-refractivity contribution >= 4 is 17.7 Å². The summed E-state index contributed by atoms with van der Waals surface area (Å²) in [4.78, 5) is 14.2. The van der Waals surface area contributed by atoms with E-state index in [-0.39, 0.29) is 12.0 Å². The molecule has 0 saturated heterocycles. The second-order valence-corrected chi connectivity index (χ2v) is 9.24. The Labute approximate surface area is 193 Å². The van der Waals surface area contributed by atoms with Gasteiger partial charge in [-0.3, -0.25) is 5.32 Å². The van der Waals surface area contributed by atoms with Gasteiger partial charge < -0.3 is 5.32 Å². The van der Waals surface area contributed by atoms with Gasteiger partial charge in [0.2, 0.25) is 0 Å².